The largest absolute Gasteiger partial charge is 0.481 e. The van der Waals surface area contributed by atoms with Crippen molar-refractivity contribution in [3.05, 3.63) is 42.1 Å². The van der Waals surface area contributed by atoms with Gasteiger partial charge in [0.05, 0.1) is 17.4 Å². The Labute approximate surface area is 119 Å². The van der Waals surface area contributed by atoms with Crippen molar-refractivity contribution in [2.75, 3.05) is 11.1 Å². The zero-order chi connectivity index (χ0) is 14.4. The standard InChI is InChI=1S/C13H10N4O2S/c14-7-9-1-3-10(4-2-9)16-11-5-6-15-13(17-11)20-8-12(18)19/h1-6H,8H2,(H,18,19)(H,15,16,17). The fraction of sp³-hybridized carbons (Fsp3) is 0.0769. The number of carboxylic acids is 1. The number of aromatic nitrogens is 2. The molecule has 0 fully saturated rings. The second kappa shape index (κ2) is 6.54. The molecule has 0 aliphatic rings. The molecule has 0 spiro atoms. The Kier molecular flexibility index (Phi) is 4.52. The summed E-state index contributed by atoms with van der Waals surface area (Å²) in [4.78, 5) is 18.7. The maximum absolute atomic E-state index is 10.5. The number of rotatable bonds is 5. The summed E-state index contributed by atoms with van der Waals surface area (Å²) in [6.45, 7) is 0. The smallest absolute Gasteiger partial charge is 0.313 e. The molecule has 0 amide bonds. The van der Waals surface area contributed by atoms with Crippen LogP contribution in [-0.4, -0.2) is 26.8 Å². The normalized spacial score (nSPS) is 9.75. The molecule has 100 valence electrons. The Balaban J connectivity index is 2.07. The van der Waals surface area contributed by atoms with Gasteiger partial charge in [-0.3, -0.25) is 4.79 Å². The van der Waals surface area contributed by atoms with Gasteiger partial charge in [0.15, 0.2) is 5.16 Å². The maximum atomic E-state index is 10.5. The summed E-state index contributed by atoms with van der Waals surface area (Å²) in [7, 11) is 0. The van der Waals surface area contributed by atoms with Crippen LogP contribution < -0.4 is 5.32 Å². The summed E-state index contributed by atoms with van der Waals surface area (Å²) in [6.07, 6.45) is 1.56. The second-order valence-electron chi connectivity index (χ2n) is 3.72. The SMILES string of the molecule is N#Cc1ccc(Nc2ccnc(SCC(=O)O)n2)cc1. The summed E-state index contributed by atoms with van der Waals surface area (Å²) in [5, 5.41) is 20.8. The number of nitrogens with zero attached hydrogens (tertiary/aromatic N) is 3. The molecule has 6 nitrogen and oxygen atoms in total. The molecule has 0 atom stereocenters. The first-order valence-electron chi connectivity index (χ1n) is 5.62. The number of hydrogen-bond acceptors (Lipinski definition) is 6. The third kappa shape index (κ3) is 3.96. The van der Waals surface area contributed by atoms with Gasteiger partial charge in [-0.2, -0.15) is 5.26 Å². The van der Waals surface area contributed by atoms with Crippen molar-refractivity contribution in [3.8, 4) is 6.07 Å². The first-order chi connectivity index (χ1) is 9.67. The molecular formula is C13H10N4O2S. The Bertz CT molecular complexity index is 652. The highest BCUT2D eigenvalue weighted by Crippen LogP contribution is 2.18. The Morgan fingerprint density at radius 3 is 2.75 bits per heavy atom. The van der Waals surface area contributed by atoms with Gasteiger partial charge >= 0.3 is 5.97 Å². The molecule has 2 rings (SSSR count). The van der Waals surface area contributed by atoms with Crippen molar-refractivity contribution in [1.82, 2.24) is 9.97 Å². The predicted molar refractivity (Wildman–Crippen MR) is 74.8 cm³/mol. The van der Waals surface area contributed by atoms with Crippen molar-refractivity contribution in [1.29, 1.82) is 5.26 Å². The van der Waals surface area contributed by atoms with Gasteiger partial charge in [0.25, 0.3) is 0 Å². The van der Waals surface area contributed by atoms with Crippen molar-refractivity contribution >= 4 is 29.2 Å². The molecule has 7 heteroatoms. The molecule has 2 N–H and O–H groups in total. The number of benzene rings is 1. The van der Waals surface area contributed by atoms with E-state index in [2.05, 4.69) is 15.3 Å². The fourth-order valence-corrected chi connectivity index (χ4v) is 1.93. The van der Waals surface area contributed by atoms with Crippen LogP contribution in [0, 0.1) is 11.3 Å². The van der Waals surface area contributed by atoms with Crippen LogP contribution >= 0.6 is 11.8 Å². The monoisotopic (exact) mass is 286 g/mol. The predicted octanol–water partition coefficient (Wildman–Crippen LogP) is 2.27. The number of anilines is 2. The topological polar surface area (TPSA) is 98.9 Å². The number of thioether (sulfide) groups is 1. The molecule has 0 unspecified atom stereocenters. The minimum atomic E-state index is -0.913. The summed E-state index contributed by atoms with van der Waals surface area (Å²) in [5.74, 6) is -0.429. The zero-order valence-corrected chi connectivity index (χ0v) is 11.1. The van der Waals surface area contributed by atoms with E-state index in [0.717, 1.165) is 17.4 Å². The summed E-state index contributed by atoms with van der Waals surface area (Å²) >= 11 is 1.05. The number of carbonyl (C=O) groups is 1. The molecule has 0 radical (unpaired) electrons. The van der Waals surface area contributed by atoms with Gasteiger partial charge in [0, 0.05) is 11.9 Å². The molecule has 1 aromatic carbocycles. The van der Waals surface area contributed by atoms with Crippen LogP contribution in [-0.2, 0) is 4.79 Å². The lowest BCUT2D eigenvalue weighted by Gasteiger charge is -2.06. The van der Waals surface area contributed by atoms with Gasteiger partial charge < -0.3 is 10.4 Å². The Morgan fingerprint density at radius 1 is 1.35 bits per heavy atom. The van der Waals surface area contributed by atoms with Gasteiger partial charge in [-0.15, -0.1) is 0 Å². The third-order valence-corrected chi connectivity index (χ3v) is 3.09. The Hall–Kier alpha value is -2.59. The van der Waals surface area contributed by atoms with E-state index in [-0.39, 0.29) is 5.75 Å². The lowest BCUT2D eigenvalue weighted by molar-refractivity contribution is -0.133. The van der Waals surface area contributed by atoms with Gasteiger partial charge in [-0.05, 0) is 30.3 Å². The van der Waals surface area contributed by atoms with E-state index in [0.29, 0.717) is 16.5 Å². The van der Waals surface area contributed by atoms with Gasteiger partial charge in [0.1, 0.15) is 5.82 Å². The van der Waals surface area contributed by atoms with E-state index in [4.69, 9.17) is 10.4 Å². The van der Waals surface area contributed by atoms with Gasteiger partial charge in [0.2, 0.25) is 0 Å². The van der Waals surface area contributed by atoms with E-state index < -0.39 is 5.97 Å². The Morgan fingerprint density at radius 2 is 2.10 bits per heavy atom. The number of aliphatic carboxylic acids is 1. The average Bonchev–Trinajstić information content (AvgIpc) is 2.46. The van der Waals surface area contributed by atoms with Gasteiger partial charge in [-0.1, -0.05) is 11.8 Å². The summed E-state index contributed by atoms with van der Waals surface area (Å²) in [5.41, 5.74) is 1.37. The van der Waals surface area contributed by atoms with Crippen LogP contribution in [0.3, 0.4) is 0 Å². The first kappa shape index (κ1) is 13.8. The average molecular weight is 286 g/mol. The fourth-order valence-electron chi connectivity index (χ4n) is 1.38. The van der Waals surface area contributed by atoms with Crippen LogP contribution in [0.1, 0.15) is 5.56 Å². The van der Waals surface area contributed by atoms with Crippen molar-refractivity contribution in [2.45, 2.75) is 5.16 Å². The van der Waals surface area contributed by atoms with Crippen LogP contribution in [0.5, 0.6) is 0 Å². The van der Waals surface area contributed by atoms with Gasteiger partial charge in [-0.25, -0.2) is 9.97 Å². The van der Waals surface area contributed by atoms with E-state index in [1.165, 1.54) is 0 Å². The van der Waals surface area contributed by atoms with E-state index in [1.54, 1.807) is 36.5 Å². The molecule has 20 heavy (non-hydrogen) atoms. The van der Waals surface area contributed by atoms with Crippen molar-refractivity contribution < 1.29 is 9.90 Å². The molecule has 1 aromatic heterocycles. The molecule has 0 aliphatic heterocycles. The third-order valence-electron chi connectivity index (χ3n) is 2.24. The van der Waals surface area contributed by atoms with E-state index >= 15 is 0 Å². The zero-order valence-electron chi connectivity index (χ0n) is 10.3. The lowest BCUT2D eigenvalue weighted by atomic mass is 10.2. The van der Waals surface area contributed by atoms with Crippen molar-refractivity contribution in [3.63, 3.8) is 0 Å². The van der Waals surface area contributed by atoms with Crippen molar-refractivity contribution in [2.24, 2.45) is 0 Å². The number of nitriles is 1. The molecule has 1 heterocycles. The summed E-state index contributed by atoms with van der Waals surface area (Å²) < 4.78 is 0. The number of nitrogens with one attached hydrogen (secondary N) is 1. The molecule has 0 saturated heterocycles. The molecule has 0 saturated carbocycles. The number of carboxylic acid groups (broad SMARTS) is 1. The van der Waals surface area contributed by atoms with Crippen LogP contribution in [0.25, 0.3) is 0 Å². The first-order valence-corrected chi connectivity index (χ1v) is 6.61. The molecular weight excluding hydrogens is 276 g/mol. The molecule has 2 aromatic rings. The van der Waals surface area contributed by atoms with Crippen LogP contribution in [0.15, 0.2) is 41.7 Å². The second-order valence-corrected chi connectivity index (χ2v) is 4.66. The highest BCUT2D eigenvalue weighted by atomic mass is 32.2. The van der Waals surface area contributed by atoms with Crippen LogP contribution in [0.2, 0.25) is 0 Å². The quantitative estimate of drug-likeness (QED) is 0.642. The van der Waals surface area contributed by atoms with E-state index in [1.807, 2.05) is 6.07 Å². The minimum Gasteiger partial charge on any atom is -0.481 e. The minimum absolute atomic E-state index is 0.0830. The lowest BCUT2D eigenvalue weighted by Crippen LogP contribution is -2.00. The highest BCUT2D eigenvalue weighted by molar-refractivity contribution is 7.99. The highest BCUT2D eigenvalue weighted by Gasteiger charge is 2.04. The van der Waals surface area contributed by atoms with Crippen LogP contribution in [0.4, 0.5) is 11.5 Å². The van der Waals surface area contributed by atoms with E-state index in [9.17, 15) is 4.79 Å². The number of hydrogen-bond donors (Lipinski definition) is 2. The molecule has 0 aliphatic carbocycles. The summed E-state index contributed by atoms with van der Waals surface area (Å²) in [6, 6.07) is 10.7. The molecule has 0 bridgehead atoms. The maximum Gasteiger partial charge on any atom is 0.313 e.